The lowest BCUT2D eigenvalue weighted by molar-refractivity contribution is 0.312. The Kier molecular flexibility index (Phi) is 7.60. The number of hydrogen-bond acceptors (Lipinski definition) is 7. The standard InChI is InChI=1S/C16H20ClN3.C5H5IN5P/c1-3-13-11-12-5-4-6-14(17)15(12)16(18-13)20-9-7-19(2)8-10-20;6-12-11-2-10-3-4(7)8-1-9-5(3)11/h4-6,11H,3,7-10H2,1-2H3;1-2,12H,(H2,7,8,9). The highest BCUT2D eigenvalue weighted by atomic mass is 127. The van der Waals surface area contributed by atoms with Gasteiger partial charge in [0.1, 0.15) is 18.5 Å². The number of imidazole rings is 1. The van der Waals surface area contributed by atoms with E-state index in [1.54, 1.807) is 6.33 Å². The first-order valence-electron chi connectivity index (χ1n) is 10.3. The number of benzene rings is 1. The van der Waals surface area contributed by atoms with E-state index in [9.17, 15) is 0 Å². The van der Waals surface area contributed by atoms with Crippen LogP contribution < -0.4 is 10.6 Å². The summed E-state index contributed by atoms with van der Waals surface area (Å²) in [5, 5.41) is 3.08. The smallest absolute Gasteiger partial charge is 0.169 e. The van der Waals surface area contributed by atoms with Crippen molar-refractivity contribution in [3.05, 3.63) is 47.6 Å². The number of pyridine rings is 1. The first-order valence-corrected chi connectivity index (χ1v) is 14.8. The number of nitrogens with two attached hydrogens (primary N) is 1. The summed E-state index contributed by atoms with van der Waals surface area (Å²) in [7, 11) is 2.16. The van der Waals surface area contributed by atoms with E-state index in [0.717, 1.165) is 60.2 Å². The maximum atomic E-state index is 6.43. The molecule has 0 amide bonds. The molecule has 1 aliphatic heterocycles. The molecule has 1 fully saturated rings. The summed E-state index contributed by atoms with van der Waals surface area (Å²) in [5.41, 5.74) is 8.21. The van der Waals surface area contributed by atoms with Crippen molar-refractivity contribution in [2.45, 2.75) is 13.3 Å². The lowest BCUT2D eigenvalue weighted by Crippen LogP contribution is -2.45. The Morgan fingerprint density at radius 2 is 1.94 bits per heavy atom. The molecule has 0 radical (unpaired) electrons. The van der Waals surface area contributed by atoms with Crippen molar-refractivity contribution < 1.29 is 0 Å². The normalized spacial score (nSPS) is 14.9. The predicted molar refractivity (Wildman–Crippen MR) is 143 cm³/mol. The van der Waals surface area contributed by atoms with E-state index in [-0.39, 0.29) is 0 Å². The monoisotopic (exact) mass is 582 g/mol. The van der Waals surface area contributed by atoms with Crippen LogP contribution in [0.15, 0.2) is 36.9 Å². The van der Waals surface area contributed by atoms with Crippen molar-refractivity contribution in [3.63, 3.8) is 0 Å². The van der Waals surface area contributed by atoms with Crippen molar-refractivity contribution >= 4 is 73.6 Å². The molecule has 168 valence electrons. The quantitative estimate of drug-likeness (QED) is 0.283. The van der Waals surface area contributed by atoms with Crippen LogP contribution >= 0.6 is 40.0 Å². The Morgan fingerprint density at radius 3 is 2.66 bits per heavy atom. The van der Waals surface area contributed by atoms with Gasteiger partial charge in [-0.25, -0.2) is 19.9 Å². The number of aryl methyl sites for hydroxylation is 1. The molecular formula is C21H25ClIN8P. The Morgan fingerprint density at radius 1 is 1.16 bits per heavy atom. The van der Waals surface area contributed by atoms with Crippen LogP contribution in [0.2, 0.25) is 5.02 Å². The highest BCUT2D eigenvalue weighted by molar-refractivity contribution is 14.2. The zero-order valence-electron chi connectivity index (χ0n) is 18.0. The van der Waals surface area contributed by atoms with Gasteiger partial charge in [0.2, 0.25) is 0 Å². The number of halogens is 2. The molecule has 0 aliphatic carbocycles. The van der Waals surface area contributed by atoms with Crippen LogP contribution in [-0.2, 0) is 6.42 Å². The summed E-state index contributed by atoms with van der Waals surface area (Å²) in [6.07, 6.45) is 4.70. The highest BCUT2D eigenvalue weighted by Gasteiger charge is 2.19. The van der Waals surface area contributed by atoms with Crippen LogP contribution in [0.4, 0.5) is 11.6 Å². The molecule has 0 spiro atoms. The van der Waals surface area contributed by atoms with Crippen LogP contribution in [0.1, 0.15) is 12.6 Å². The van der Waals surface area contributed by atoms with Crippen LogP contribution in [0, 0.1) is 0 Å². The van der Waals surface area contributed by atoms with Gasteiger partial charge in [-0.3, -0.25) is 4.34 Å². The number of fused-ring (bicyclic) bond motifs is 2. The topological polar surface area (TPSA) is 89.0 Å². The fourth-order valence-electron chi connectivity index (χ4n) is 3.64. The van der Waals surface area contributed by atoms with Crippen molar-refractivity contribution in [1.82, 2.24) is 29.2 Å². The number of nitrogens with zero attached hydrogens (tertiary/aromatic N) is 7. The van der Waals surface area contributed by atoms with Gasteiger partial charge in [-0.2, -0.15) is 0 Å². The van der Waals surface area contributed by atoms with Gasteiger partial charge in [-0.15, -0.1) is 0 Å². The highest BCUT2D eigenvalue weighted by Crippen LogP contribution is 2.32. The lowest BCUT2D eigenvalue weighted by Gasteiger charge is -2.34. The molecule has 0 saturated carbocycles. The van der Waals surface area contributed by atoms with Crippen molar-refractivity contribution in [3.8, 4) is 0 Å². The van der Waals surface area contributed by atoms with Crippen molar-refractivity contribution in [2.75, 3.05) is 43.9 Å². The Bertz CT molecular complexity index is 1230. The molecule has 32 heavy (non-hydrogen) atoms. The van der Waals surface area contributed by atoms with Crippen LogP contribution in [-0.4, -0.2) is 62.4 Å². The van der Waals surface area contributed by atoms with Crippen LogP contribution in [0.25, 0.3) is 21.9 Å². The number of hydrogen-bond donors (Lipinski definition) is 1. The molecule has 8 nitrogen and oxygen atoms in total. The molecule has 1 unspecified atom stereocenters. The van der Waals surface area contributed by atoms with Crippen molar-refractivity contribution in [1.29, 1.82) is 0 Å². The zero-order valence-corrected chi connectivity index (χ0v) is 21.9. The van der Waals surface area contributed by atoms with Crippen molar-refractivity contribution in [2.24, 2.45) is 0 Å². The van der Waals surface area contributed by atoms with Gasteiger partial charge in [-0.05, 0) is 53.0 Å². The van der Waals surface area contributed by atoms with E-state index in [4.69, 9.17) is 22.3 Å². The number of anilines is 2. The Balaban J connectivity index is 0.000000174. The fourth-order valence-corrected chi connectivity index (χ4v) is 5.31. The molecule has 4 aromatic rings. The summed E-state index contributed by atoms with van der Waals surface area (Å²) < 4.78 is 1.94. The third-order valence-electron chi connectivity index (χ3n) is 5.46. The van der Waals surface area contributed by atoms with E-state index in [1.165, 1.54) is 11.7 Å². The predicted octanol–water partition coefficient (Wildman–Crippen LogP) is 4.40. The summed E-state index contributed by atoms with van der Waals surface area (Å²) in [6.45, 7) is 6.31. The second kappa shape index (κ2) is 10.4. The number of nitrogen functional groups attached to an aromatic ring is 1. The zero-order chi connectivity index (χ0) is 22.7. The van der Waals surface area contributed by atoms with Crippen LogP contribution in [0.3, 0.4) is 0 Å². The molecule has 1 aromatic carbocycles. The van der Waals surface area contributed by atoms with Gasteiger partial charge in [0.25, 0.3) is 0 Å². The molecule has 11 heteroatoms. The summed E-state index contributed by atoms with van der Waals surface area (Å²) in [6, 6.07) is 8.25. The lowest BCUT2D eigenvalue weighted by atomic mass is 10.1. The molecule has 0 bridgehead atoms. The number of piperazine rings is 1. The minimum Gasteiger partial charge on any atom is -0.382 e. The Labute approximate surface area is 206 Å². The molecule has 4 heterocycles. The minimum atomic E-state index is 0.438. The molecular weight excluding hydrogens is 558 g/mol. The molecule has 2 N–H and O–H groups in total. The number of likely N-dealkylation sites (N-methyl/N-ethyl adjacent to an activating group) is 1. The molecule has 5 rings (SSSR count). The first kappa shape index (κ1) is 23.4. The second-order valence-electron chi connectivity index (χ2n) is 7.55. The number of aromatic nitrogens is 5. The number of rotatable bonds is 3. The molecule has 3 aromatic heterocycles. The van der Waals surface area contributed by atoms with Gasteiger partial charge in [0, 0.05) is 37.3 Å². The largest absolute Gasteiger partial charge is 0.382 e. The SMILES string of the molecule is CCc1cc2cccc(Cl)c2c(N2CCN(C)CC2)n1.Nc1ncnc2c1ncn2PI. The van der Waals surface area contributed by atoms with E-state index in [2.05, 4.69) is 72.9 Å². The molecule has 1 atom stereocenters. The van der Waals surface area contributed by atoms with Gasteiger partial charge in [0.05, 0.1) is 11.4 Å². The third-order valence-corrected chi connectivity index (χ3v) is 7.84. The maximum absolute atomic E-state index is 6.43. The molecule has 1 saturated heterocycles. The Hall–Kier alpha value is -1.81. The van der Waals surface area contributed by atoms with Gasteiger partial charge < -0.3 is 15.5 Å². The summed E-state index contributed by atoms with van der Waals surface area (Å²) in [5.74, 6) is 1.49. The van der Waals surface area contributed by atoms with Crippen LogP contribution in [0.5, 0.6) is 0 Å². The third kappa shape index (κ3) is 4.90. The van der Waals surface area contributed by atoms with E-state index >= 15 is 0 Å². The van der Waals surface area contributed by atoms with E-state index in [1.807, 2.05) is 16.5 Å². The second-order valence-corrected chi connectivity index (χ2v) is 10.1. The van der Waals surface area contributed by atoms with Gasteiger partial charge >= 0.3 is 0 Å². The van der Waals surface area contributed by atoms with E-state index in [0.29, 0.717) is 17.7 Å². The maximum Gasteiger partial charge on any atom is 0.169 e. The average Bonchev–Trinajstić information content (AvgIpc) is 3.24. The summed E-state index contributed by atoms with van der Waals surface area (Å²) >= 11 is 8.69. The average molecular weight is 583 g/mol. The van der Waals surface area contributed by atoms with E-state index < -0.39 is 0 Å². The minimum absolute atomic E-state index is 0.438. The molecule has 1 aliphatic rings. The fraction of sp³-hybridized carbons (Fsp3) is 0.333. The summed E-state index contributed by atoms with van der Waals surface area (Å²) in [4.78, 5) is 21.6. The van der Waals surface area contributed by atoms with Gasteiger partial charge in [0.15, 0.2) is 17.0 Å². The van der Waals surface area contributed by atoms with Gasteiger partial charge in [-0.1, -0.05) is 30.7 Å². The first-order chi connectivity index (χ1) is 15.5.